The molecule has 0 aromatic heterocycles. The van der Waals surface area contributed by atoms with E-state index in [0.717, 1.165) is 32.5 Å². The van der Waals surface area contributed by atoms with Crippen molar-refractivity contribution in [3.8, 4) is 0 Å². The van der Waals surface area contributed by atoms with Crippen molar-refractivity contribution in [3.05, 3.63) is 0 Å². The standard InChI is InChI=1S/C15H31N3O2/c1-6-13-10-18(7-8-20-13)12(4)9-15(5,14(16)19)17-11(2)3/h11-13,17H,6-10H2,1-5H3,(H2,16,19). The first-order chi connectivity index (χ1) is 9.28. The van der Waals surface area contributed by atoms with Crippen molar-refractivity contribution in [2.24, 2.45) is 5.73 Å². The van der Waals surface area contributed by atoms with Gasteiger partial charge in [0.05, 0.1) is 18.2 Å². The summed E-state index contributed by atoms with van der Waals surface area (Å²) in [7, 11) is 0. The van der Waals surface area contributed by atoms with Crippen molar-refractivity contribution >= 4 is 5.91 Å². The summed E-state index contributed by atoms with van der Waals surface area (Å²) in [6, 6.07) is 0.532. The fourth-order valence-corrected chi connectivity index (χ4v) is 2.98. The van der Waals surface area contributed by atoms with Crippen LogP contribution in [0.4, 0.5) is 0 Å². The second kappa shape index (κ2) is 7.38. The average Bonchev–Trinajstić information content (AvgIpc) is 2.37. The van der Waals surface area contributed by atoms with E-state index in [4.69, 9.17) is 10.5 Å². The second-order valence-corrected chi connectivity index (χ2v) is 6.44. The lowest BCUT2D eigenvalue weighted by atomic mass is 9.91. The number of hydrogen-bond acceptors (Lipinski definition) is 4. The molecule has 3 unspecified atom stereocenters. The predicted molar refractivity (Wildman–Crippen MR) is 81.6 cm³/mol. The van der Waals surface area contributed by atoms with Crippen LogP contribution in [-0.4, -0.2) is 54.2 Å². The number of amides is 1. The zero-order valence-electron chi connectivity index (χ0n) is 13.6. The van der Waals surface area contributed by atoms with Gasteiger partial charge in [0.1, 0.15) is 0 Å². The molecular weight excluding hydrogens is 254 g/mol. The summed E-state index contributed by atoms with van der Waals surface area (Å²) in [5, 5.41) is 3.32. The van der Waals surface area contributed by atoms with Crippen LogP contribution in [0, 0.1) is 0 Å². The first kappa shape index (κ1) is 17.4. The number of carbonyl (C=O) groups is 1. The largest absolute Gasteiger partial charge is 0.376 e. The van der Waals surface area contributed by atoms with E-state index in [2.05, 4.69) is 24.1 Å². The fraction of sp³-hybridized carbons (Fsp3) is 0.933. The molecule has 0 bridgehead atoms. The smallest absolute Gasteiger partial charge is 0.237 e. The number of nitrogens with zero attached hydrogens (tertiary/aromatic N) is 1. The van der Waals surface area contributed by atoms with Gasteiger partial charge in [0.15, 0.2) is 0 Å². The minimum Gasteiger partial charge on any atom is -0.376 e. The first-order valence-corrected chi connectivity index (χ1v) is 7.71. The summed E-state index contributed by atoms with van der Waals surface area (Å²) in [5.74, 6) is -0.279. The molecule has 1 aliphatic heterocycles. The van der Waals surface area contributed by atoms with E-state index < -0.39 is 5.54 Å². The Morgan fingerprint density at radius 2 is 2.15 bits per heavy atom. The molecule has 1 amide bonds. The van der Waals surface area contributed by atoms with Crippen molar-refractivity contribution in [2.75, 3.05) is 19.7 Å². The summed E-state index contributed by atoms with van der Waals surface area (Å²) in [6.45, 7) is 12.9. The molecule has 20 heavy (non-hydrogen) atoms. The second-order valence-electron chi connectivity index (χ2n) is 6.44. The van der Waals surface area contributed by atoms with Crippen LogP contribution in [0.1, 0.15) is 47.5 Å². The van der Waals surface area contributed by atoms with Gasteiger partial charge in [0, 0.05) is 25.2 Å². The Morgan fingerprint density at radius 1 is 1.50 bits per heavy atom. The number of carbonyl (C=O) groups excluding carboxylic acids is 1. The lowest BCUT2D eigenvalue weighted by molar-refractivity contribution is -0.125. The van der Waals surface area contributed by atoms with Gasteiger partial charge in [-0.05, 0) is 40.5 Å². The summed E-state index contributed by atoms with van der Waals surface area (Å²) >= 11 is 0. The molecule has 0 aliphatic carbocycles. The number of nitrogens with one attached hydrogen (secondary N) is 1. The highest BCUT2D eigenvalue weighted by Crippen LogP contribution is 2.20. The van der Waals surface area contributed by atoms with E-state index in [1.54, 1.807) is 0 Å². The van der Waals surface area contributed by atoms with Crippen LogP contribution in [0.25, 0.3) is 0 Å². The molecule has 3 atom stereocenters. The maximum Gasteiger partial charge on any atom is 0.237 e. The minimum atomic E-state index is -0.659. The van der Waals surface area contributed by atoms with E-state index in [0.29, 0.717) is 12.1 Å². The van der Waals surface area contributed by atoms with Crippen LogP contribution >= 0.6 is 0 Å². The number of rotatable bonds is 7. The van der Waals surface area contributed by atoms with Gasteiger partial charge in [0.25, 0.3) is 0 Å². The van der Waals surface area contributed by atoms with E-state index in [1.165, 1.54) is 0 Å². The van der Waals surface area contributed by atoms with Gasteiger partial charge >= 0.3 is 0 Å². The third-order valence-electron chi connectivity index (χ3n) is 4.10. The van der Waals surface area contributed by atoms with Crippen molar-refractivity contribution in [3.63, 3.8) is 0 Å². The number of primary amides is 1. The molecule has 3 N–H and O–H groups in total. The van der Waals surface area contributed by atoms with Crippen LogP contribution in [0.15, 0.2) is 0 Å². The molecule has 118 valence electrons. The quantitative estimate of drug-likeness (QED) is 0.735. The number of hydrogen-bond donors (Lipinski definition) is 2. The molecule has 1 saturated heterocycles. The molecule has 0 spiro atoms. The zero-order valence-corrected chi connectivity index (χ0v) is 13.6. The summed E-state index contributed by atoms with van der Waals surface area (Å²) in [4.78, 5) is 14.2. The monoisotopic (exact) mass is 285 g/mol. The Kier molecular flexibility index (Phi) is 6.43. The molecule has 1 fully saturated rings. The maximum atomic E-state index is 11.8. The molecule has 5 heteroatoms. The molecule has 0 aromatic carbocycles. The third-order valence-corrected chi connectivity index (χ3v) is 4.10. The van der Waals surface area contributed by atoms with Crippen LogP contribution in [0.5, 0.6) is 0 Å². The van der Waals surface area contributed by atoms with Crippen molar-refractivity contribution in [1.82, 2.24) is 10.2 Å². The van der Waals surface area contributed by atoms with E-state index in [-0.39, 0.29) is 11.9 Å². The van der Waals surface area contributed by atoms with Gasteiger partial charge < -0.3 is 15.8 Å². The third kappa shape index (κ3) is 4.72. The number of nitrogens with two attached hydrogens (primary N) is 1. The fourth-order valence-electron chi connectivity index (χ4n) is 2.98. The lowest BCUT2D eigenvalue weighted by Crippen LogP contribution is -2.59. The first-order valence-electron chi connectivity index (χ1n) is 7.71. The van der Waals surface area contributed by atoms with Gasteiger partial charge in [-0.15, -0.1) is 0 Å². The highest BCUT2D eigenvalue weighted by Gasteiger charge is 2.35. The van der Waals surface area contributed by atoms with Gasteiger partial charge in [-0.2, -0.15) is 0 Å². The number of ether oxygens (including phenoxy) is 1. The topological polar surface area (TPSA) is 67.6 Å². The van der Waals surface area contributed by atoms with Gasteiger partial charge in [-0.3, -0.25) is 9.69 Å². The Bertz CT molecular complexity index is 322. The molecule has 0 radical (unpaired) electrons. The maximum absolute atomic E-state index is 11.8. The molecule has 1 aliphatic rings. The molecule has 1 rings (SSSR count). The van der Waals surface area contributed by atoms with E-state index in [9.17, 15) is 4.79 Å². The Morgan fingerprint density at radius 3 is 2.65 bits per heavy atom. The van der Waals surface area contributed by atoms with Crippen molar-refractivity contribution < 1.29 is 9.53 Å². The van der Waals surface area contributed by atoms with Crippen molar-refractivity contribution in [1.29, 1.82) is 0 Å². The van der Waals surface area contributed by atoms with Crippen LogP contribution in [0.3, 0.4) is 0 Å². The molecule has 5 nitrogen and oxygen atoms in total. The van der Waals surface area contributed by atoms with Gasteiger partial charge in [-0.1, -0.05) is 6.92 Å². The van der Waals surface area contributed by atoms with E-state index >= 15 is 0 Å². The summed E-state index contributed by atoms with van der Waals surface area (Å²) < 4.78 is 5.70. The van der Waals surface area contributed by atoms with Crippen LogP contribution in [-0.2, 0) is 9.53 Å². The highest BCUT2D eigenvalue weighted by atomic mass is 16.5. The molecular formula is C15H31N3O2. The SMILES string of the molecule is CCC1CN(C(C)CC(C)(NC(C)C)C(N)=O)CCO1. The van der Waals surface area contributed by atoms with Crippen LogP contribution in [0.2, 0.25) is 0 Å². The Labute approximate surface area is 123 Å². The van der Waals surface area contributed by atoms with Crippen molar-refractivity contribution in [2.45, 2.75) is 71.2 Å². The predicted octanol–water partition coefficient (Wildman–Crippen LogP) is 1.12. The van der Waals surface area contributed by atoms with E-state index in [1.807, 2.05) is 20.8 Å². The molecule has 0 saturated carbocycles. The van der Waals surface area contributed by atoms with Crippen LogP contribution < -0.4 is 11.1 Å². The normalized spacial score (nSPS) is 25.4. The zero-order chi connectivity index (χ0) is 15.3. The van der Waals surface area contributed by atoms with Gasteiger partial charge in [0.2, 0.25) is 5.91 Å². The Balaban J connectivity index is 2.65. The minimum absolute atomic E-state index is 0.229. The molecule has 1 heterocycles. The highest BCUT2D eigenvalue weighted by molar-refractivity contribution is 5.84. The Hall–Kier alpha value is -0.650. The van der Waals surface area contributed by atoms with Gasteiger partial charge in [-0.25, -0.2) is 0 Å². The summed E-state index contributed by atoms with van der Waals surface area (Å²) in [5.41, 5.74) is 4.95. The average molecular weight is 285 g/mol. The number of morpholine rings is 1. The molecule has 0 aromatic rings. The lowest BCUT2D eigenvalue weighted by Gasteiger charge is -2.40. The summed E-state index contributed by atoms with van der Waals surface area (Å²) in [6.07, 6.45) is 2.06.